The van der Waals surface area contributed by atoms with Crippen LogP contribution in [0.5, 0.6) is 0 Å². The average Bonchev–Trinajstić information content (AvgIpc) is 3.32. The molecule has 0 N–H and O–H groups in total. The van der Waals surface area contributed by atoms with Gasteiger partial charge in [-0.25, -0.2) is 0 Å². The number of likely N-dealkylation sites (tertiary alicyclic amines) is 1. The van der Waals surface area contributed by atoms with Gasteiger partial charge in [0.15, 0.2) is 5.82 Å². The van der Waals surface area contributed by atoms with Gasteiger partial charge in [-0.1, -0.05) is 41.6 Å². The van der Waals surface area contributed by atoms with E-state index in [9.17, 15) is 4.79 Å². The van der Waals surface area contributed by atoms with Gasteiger partial charge in [0.25, 0.3) is 5.91 Å². The summed E-state index contributed by atoms with van der Waals surface area (Å²) in [6.07, 6.45) is 2.32. The molecule has 0 spiro atoms. The van der Waals surface area contributed by atoms with Gasteiger partial charge in [-0.15, -0.1) is 0 Å². The Morgan fingerprint density at radius 1 is 1.04 bits per heavy atom. The maximum Gasteiger partial charge on any atom is 0.254 e. The molecule has 0 unspecified atom stereocenters. The summed E-state index contributed by atoms with van der Waals surface area (Å²) in [4.78, 5) is 19.2. The Balaban J connectivity index is 1.33. The lowest BCUT2D eigenvalue weighted by molar-refractivity contribution is 0.0571. The van der Waals surface area contributed by atoms with Crippen LogP contribution in [0.4, 0.5) is 0 Å². The first-order valence-electron chi connectivity index (χ1n) is 8.40. The van der Waals surface area contributed by atoms with Crippen molar-refractivity contribution >= 4 is 16.7 Å². The lowest BCUT2D eigenvalue weighted by Gasteiger charge is -2.37. The fourth-order valence-electron chi connectivity index (χ4n) is 3.30. The molecular formula is C19H17N3O2. The van der Waals surface area contributed by atoms with Crippen LogP contribution in [0.15, 0.2) is 47.0 Å². The van der Waals surface area contributed by atoms with E-state index in [0.29, 0.717) is 24.9 Å². The van der Waals surface area contributed by atoms with Crippen LogP contribution in [0.1, 0.15) is 46.8 Å². The number of benzene rings is 2. The van der Waals surface area contributed by atoms with Gasteiger partial charge in [-0.05, 0) is 29.7 Å². The molecule has 120 valence electrons. The first kappa shape index (κ1) is 13.7. The molecule has 0 radical (unpaired) electrons. The van der Waals surface area contributed by atoms with E-state index >= 15 is 0 Å². The molecule has 1 saturated heterocycles. The second-order valence-corrected chi connectivity index (χ2v) is 6.70. The van der Waals surface area contributed by atoms with Crippen molar-refractivity contribution in [2.75, 3.05) is 13.1 Å². The number of fused-ring (bicyclic) bond motifs is 1. The molecular weight excluding hydrogens is 302 g/mol. The Labute approximate surface area is 139 Å². The van der Waals surface area contributed by atoms with Crippen molar-refractivity contribution in [2.24, 2.45) is 0 Å². The zero-order chi connectivity index (χ0) is 16.1. The lowest BCUT2D eigenvalue weighted by Crippen LogP contribution is -2.48. The molecule has 5 nitrogen and oxygen atoms in total. The van der Waals surface area contributed by atoms with Gasteiger partial charge in [0.05, 0.1) is 5.92 Å². The molecule has 1 amide bonds. The lowest BCUT2D eigenvalue weighted by atomic mass is 9.97. The van der Waals surface area contributed by atoms with E-state index in [1.807, 2.05) is 47.4 Å². The Kier molecular flexibility index (Phi) is 2.95. The van der Waals surface area contributed by atoms with E-state index in [-0.39, 0.29) is 11.8 Å². The zero-order valence-corrected chi connectivity index (χ0v) is 13.2. The van der Waals surface area contributed by atoms with E-state index in [2.05, 4.69) is 10.1 Å². The SMILES string of the molecule is O=C(c1cccc2ccccc12)N1CC(c2nc(C3CC3)no2)C1. The third-order valence-electron chi connectivity index (χ3n) is 4.94. The summed E-state index contributed by atoms with van der Waals surface area (Å²) >= 11 is 0. The summed E-state index contributed by atoms with van der Waals surface area (Å²) in [5, 5.41) is 6.15. The Hall–Kier alpha value is -2.69. The van der Waals surface area contributed by atoms with E-state index in [1.165, 1.54) is 0 Å². The summed E-state index contributed by atoms with van der Waals surface area (Å²) in [5.41, 5.74) is 0.760. The molecule has 0 atom stereocenters. The smallest absolute Gasteiger partial charge is 0.254 e. The molecule has 3 aromatic rings. The van der Waals surface area contributed by atoms with Crippen LogP contribution in [0.2, 0.25) is 0 Å². The summed E-state index contributed by atoms with van der Waals surface area (Å²) in [7, 11) is 0. The topological polar surface area (TPSA) is 59.2 Å². The number of amides is 1. The number of hydrogen-bond donors (Lipinski definition) is 0. The highest BCUT2D eigenvalue weighted by atomic mass is 16.5. The third kappa shape index (κ3) is 2.19. The zero-order valence-electron chi connectivity index (χ0n) is 13.2. The van der Waals surface area contributed by atoms with Crippen LogP contribution in [-0.2, 0) is 0 Å². The largest absolute Gasteiger partial charge is 0.339 e. The first-order chi connectivity index (χ1) is 11.8. The quantitative estimate of drug-likeness (QED) is 0.743. The summed E-state index contributed by atoms with van der Waals surface area (Å²) in [5.74, 6) is 2.26. The van der Waals surface area contributed by atoms with E-state index in [0.717, 1.165) is 35.0 Å². The van der Waals surface area contributed by atoms with Gasteiger partial charge in [0, 0.05) is 24.6 Å². The van der Waals surface area contributed by atoms with Crippen molar-refractivity contribution in [2.45, 2.75) is 24.7 Å². The van der Waals surface area contributed by atoms with Gasteiger partial charge in [0.2, 0.25) is 5.89 Å². The summed E-state index contributed by atoms with van der Waals surface area (Å²) in [6, 6.07) is 13.9. The second kappa shape index (κ2) is 5.16. The molecule has 2 aromatic carbocycles. The minimum atomic E-state index is 0.0741. The van der Waals surface area contributed by atoms with E-state index in [1.54, 1.807) is 0 Å². The first-order valence-corrected chi connectivity index (χ1v) is 8.40. The van der Waals surface area contributed by atoms with Crippen LogP contribution in [-0.4, -0.2) is 34.0 Å². The minimum Gasteiger partial charge on any atom is -0.339 e. The van der Waals surface area contributed by atoms with Gasteiger partial charge in [0.1, 0.15) is 0 Å². The standard InChI is InChI=1S/C19H17N3O2/c23-19(16-7-3-5-12-4-1-2-6-15(12)16)22-10-14(11-22)18-20-17(21-24-18)13-8-9-13/h1-7,13-14H,8-11H2. The molecule has 5 heteroatoms. The Morgan fingerprint density at radius 3 is 2.67 bits per heavy atom. The monoisotopic (exact) mass is 319 g/mol. The van der Waals surface area contributed by atoms with Gasteiger partial charge in [-0.3, -0.25) is 4.79 Å². The molecule has 1 aromatic heterocycles. The molecule has 1 aliphatic heterocycles. The molecule has 24 heavy (non-hydrogen) atoms. The van der Waals surface area contributed by atoms with Crippen molar-refractivity contribution in [3.8, 4) is 0 Å². The molecule has 1 aliphatic carbocycles. The predicted molar refractivity (Wildman–Crippen MR) is 88.9 cm³/mol. The number of carbonyl (C=O) groups excluding carboxylic acids is 1. The minimum absolute atomic E-state index is 0.0741. The molecule has 2 heterocycles. The maximum absolute atomic E-state index is 12.8. The van der Waals surface area contributed by atoms with Crippen molar-refractivity contribution in [3.63, 3.8) is 0 Å². The Bertz CT molecular complexity index is 918. The van der Waals surface area contributed by atoms with E-state index in [4.69, 9.17) is 4.52 Å². The molecule has 5 rings (SSSR count). The molecule has 2 fully saturated rings. The van der Waals surface area contributed by atoms with Crippen LogP contribution in [0, 0.1) is 0 Å². The van der Waals surface area contributed by atoms with Crippen LogP contribution in [0.25, 0.3) is 10.8 Å². The number of rotatable bonds is 3. The van der Waals surface area contributed by atoms with Gasteiger partial charge in [-0.2, -0.15) is 4.98 Å². The van der Waals surface area contributed by atoms with Crippen LogP contribution in [0.3, 0.4) is 0 Å². The Morgan fingerprint density at radius 2 is 1.83 bits per heavy atom. The predicted octanol–water partition coefficient (Wildman–Crippen LogP) is 3.34. The summed E-state index contributed by atoms with van der Waals surface area (Å²) < 4.78 is 5.37. The van der Waals surface area contributed by atoms with Gasteiger partial charge < -0.3 is 9.42 Å². The highest BCUT2D eigenvalue weighted by molar-refractivity contribution is 6.07. The normalized spacial score (nSPS) is 17.9. The number of aromatic nitrogens is 2. The number of nitrogens with zero attached hydrogens (tertiary/aromatic N) is 3. The van der Waals surface area contributed by atoms with Crippen molar-refractivity contribution < 1.29 is 9.32 Å². The average molecular weight is 319 g/mol. The number of hydrogen-bond acceptors (Lipinski definition) is 4. The third-order valence-corrected chi connectivity index (χ3v) is 4.94. The highest BCUT2D eigenvalue weighted by Gasteiger charge is 2.37. The fourth-order valence-corrected chi connectivity index (χ4v) is 3.30. The molecule has 0 bridgehead atoms. The van der Waals surface area contributed by atoms with Crippen molar-refractivity contribution in [3.05, 3.63) is 59.7 Å². The van der Waals surface area contributed by atoms with Crippen LogP contribution >= 0.6 is 0 Å². The van der Waals surface area contributed by atoms with Crippen molar-refractivity contribution in [1.29, 1.82) is 0 Å². The highest BCUT2D eigenvalue weighted by Crippen LogP contribution is 2.39. The van der Waals surface area contributed by atoms with Crippen molar-refractivity contribution in [1.82, 2.24) is 15.0 Å². The van der Waals surface area contributed by atoms with E-state index < -0.39 is 0 Å². The fraction of sp³-hybridized carbons (Fsp3) is 0.316. The summed E-state index contributed by atoms with van der Waals surface area (Å²) in [6.45, 7) is 1.29. The van der Waals surface area contributed by atoms with Crippen LogP contribution < -0.4 is 0 Å². The molecule has 2 aliphatic rings. The molecule has 1 saturated carbocycles. The maximum atomic E-state index is 12.8. The number of carbonyl (C=O) groups is 1. The van der Waals surface area contributed by atoms with Gasteiger partial charge >= 0.3 is 0 Å². The second-order valence-electron chi connectivity index (χ2n) is 6.70.